The topological polar surface area (TPSA) is 53.7 Å². The molecule has 0 aromatic rings. The van der Waals surface area contributed by atoms with Crippen molar-refractivity contribution in [3.8, 4) is 0 Å². The van der Waals surface area contributed by atoms with Gasteiger partial charge in [0.1, 0.15) is 6.10 Å². The molecule has 92 valence electrons. The number of rotatable bonds is 7. The summed E-state index contributed by atoms with van der Waals surface area (Å²) in [5.41, 5.74) is 5.48. The van der Waals surface area contributed by atoms with Crippen LogP contribution in [0.5, 0.6) is 0 Å². The lowest BCUT2D eigenvalue weighted by Gasteiger charge is -2.45. The van der Waals surface area contributed by atoms with Gasteiger partial charge in [-0.25, -0.2) is 0 Å². The first-order valence-corrected chi connectivity index (χ1v) is 5.45. The number of hydrogen-bond acceptors (Lipinski definition) is 4. The maximum Gasteiger partial charge on any atom is 0.212 e. The van der Waals surface area contributed by atoms with Gasteiger partial charge in [-0.15, -0.1) is 0 Å². The first-order chi connectivity index (χ1) is 6.85. The van der Waals surface area contributed by atoms with Gasteiger partial charge in [-0.1, -0.05) is 0 Å². The van der Waals surface area contributed by atoms with Crippen molar-refractivity contribution >= 4 is 0 Å². The Kier molecular flexibility index (Phi) is 5.73. The maximum absolute atomic E-state index is 6.11. The Morgan fingerprint density at radius 2 is 1.73 bits per heavy atom. The van der Waals surface area contributed by atoms with Gasteiger partial charge in [0, 0.05) is 20.3 Å². The van der Waals surface area contributed by atoms with Crippen molar-refractivity contribution in [2.45, 2.75) is 52.0 Å². The van der Waals surface area contributed by atoms with Crippen molar-refractivity contribution in [3.05, 3.63) is 0 Å². The summed E-state index contributed by atoms with van der Waals surface area (Å²) < 4.78 is 16.7. The Bertz CT molecular complexity index is 179. The monoisotopic (exact) mass is 219 g/mol. The molecule has 15 heavy (non-hydrogen) atoms. The van der Waals surface area contributed by atoms with E-state index in [4.69, 9.17) is 19.9 Å². The quantitative estimate of drug-likeness (QED) is 0.660. The zero-order chi connectivity index (χ0) is 12.1. The third kappa shape index (κ3) is 3.14. The van der Waals surface area contributed by atoms with Gasteiger partial charge in [0.05, 0.1) is 5.54 Å². The van der Waals surface area contributed by atoms with Gasteiger partial charge < -0.3 is 19.9 Å². The van der Waals surface area contributed by atoms with E-state index < -0.39 is 11.3 Å². The van der Waals surface area contributed by atoms with E-state index in [-0.39, 0.29) is 6.10 Å². The van der Waals surface area contributed by atoms with Gasteiger partial charge >= 0.3 is 0 Å². The molecule has 0 aliphatic rings. The molecule has 2 N–H and O–H groups in total. The predicted molar refractivity (Wildman–Crippen MR) is 60.7 cm³/mol. The van der Waals surface area contributed by atoms with E-state index in [0.717, 1.165) is 0 Å². The van der Waals surface area contributed by atoms with Crippen LogP contribution < -0.4 is 5.73 Å². The van der Waals surface area contributed by atoms with E-state index in [9.17, 15) is 0 Å². The van der Waals surface area contributed by atoms with Crippen LogP contribution >= 0.6 is 0 Å². The second-order valence-corrected chi connectivity index (χ2v) is 4.12. The van der Waals surface area contributed by atoms with Gasteiger partial charge in [-0.05, 0) is 34.6 Å². The largest absolute Gasteiger partial charge is 0.373 e. The highest BCUT2D eigenvalue weighted by atomic mass is 16.7. The fourth-order valence-electron chi connectivity index (χ4n) is 1.89. The van der Waals surface area contributed by atoms with Gasteiger partial charge in [0.25, 0.3) is 0 Å². The normalized spacial score (nSPS) is 18.6. The minimum atomic E-state index is -0.905. The molecule has 0 heterocycles. The maximum atomic E-state index is 6.11. The van der Waals surface area contributed by atoms with Crippen LogP contribution in [0.15, 0.2) is 0 Å². The fourth-order valence-corrected chi connectivity index (χ4v) is 1.89. The minimum Gasteiger partial charge on any atom is -0.373 e. The lowest BCUT2D eigenvalue weighted by Crippen LogP contribution is -2.65. The summed E-state index contributed by atoms with van der Waals surface area (Å²) in [6.45, 7) is 10.7. The van der Waals surface area contributed by atoms with Crippen LogP contribution in [0.25, 0.3) is 0 Å². The Hall–Kier alpha value is -0.160. The molecule has 4 nitrogen and oxygen atoms in total. The molecule has 0 amide bonds. The molecule has 0 radical (unpaired) electrons. The van der Waals surface area contributed by atoms with E-state index in [1.165, 1.54) is 0 Å². The summed E-state index contributed by atoms with van der Waals surface area (Å²) in [4.78, 5) is 0. The molecule has 2 unspecified atom stereocenters. The molecule has 0 aliphatic heterocycles. The Labute approximate surface area is 93.1 Å². The van der Waals surface area contributed by atoms with Gasteiger partial charge in [-0.2, -0.15) is 0 Å². The highest BCUT2D eigenvalue weighted by molar-refractivity contribution is 4.96. The zero-order valence-electron chi connectivity index (χ0n) is 10.8. The number of ether oxygens (including phenoxy) is 3. The summed E-state index contributed by atoms with van der Waals surface area (Å²) in [5.74, 6) is -0.905. The Morgan fingerprint density at radius 1 is 1.20 bits per heavy atom. The molecule has 0 fully saturated rings. The predicted octanol–water partition coefficient (Wildman–Crippen LogP) is 1.53. The van der Waals surface area contributed by atoms with Crippen molar-refractivity contribution in [2.24, 2.45) is 5.73 Å². The summed E-state index contributed by atoms with van der Waals surface area (Å²) in [7, 11) is 1.60. The molecule has 0 aromatic carbocycles. The van der Waals surface area contributed by atoms with Crippen LogP contribution in [-0.4, -0.2) is 37.8 Å². The van der Waals surface area contributed by atoms with E-state index in [1.54, 1.807) is 7.11 Å². The van der Waals surface area contributed by atoms with E-state index in [1.807, 2.05) is 34.6 Å². The first kappa shape index (κ1) is 14.8. The summed E-state index contributed by atoms with van der Waals surface area (Å²) in [6, 6.07) is 0. The standard InChI is InChI=1S/C11H25NO3/c1-7-14-9(3)11(13-6,15-8-2)10(4,5)12/h9H,7-8,12H2,1-6H3. The SMILES string of the molecule is CCOC(C)C(OC)(OCC)C(C)(C)N. The van der Waals surface area contributed by atoms with Crippen LogP contribution in [0.2, 0.25) is 0 Å². The third-order valence-electron chi connectivity index (χ3n) is 2.51. The Balaban J connectivity index is 4.96. The van der Waals surface area contributed by atoms with Crippen molar-refractivity contribution in [1.29, 1.82) is 0 Å². The van der Waals surface area contributed by atoms with Crippen LogP contribution in [0.1, 0.15) is 34.6 Å². The molecule has 0 saturated heterocycles. The summed E-state index contributed by atoms with van der Waals surface area (Å²) in [6.07, 6.45) is -0.215. The van der Waals surface area contributed by atoms with Crippen molar-refractivity contribution in [3.63, 3.8) is 0 Å². The first-order valence-electron chi connectivity index (χ1n) is 5.45. The summed E-state index contributed by atoms with van der Waals surface area (Å²) in [5, 5.41) is 0. The van der Waals surface area contributed by atoms with Crippen LogP contribution in [0.3, 0.4) is 0 Å². The second kappa shape index (κ2) is 5.80. The van der Waals surface area contributed by atoms with Gasteiger partial charge in [0.2, 0.25) is 5.79 Å². The molecule has 4 heteroatoms. The minimum absolute atomic E-state index is 0.215. The highest BCUT2D eigenvalue weighted by Gasteiger charge is 2.49. The zero-order valence-corrected chi connectivity index (χ0v) is 10.8. The molecule has 0 aliphatic carbocycles. The molecule has 2 atom stereocenters. The molecule has 0 aromatic heterocycles. The lowest BCUT2D eigenvalue weighted by atomic mass is 9.89. The third-order valence-corrected chi connectivity index (χ3v) is 2.51. The van der Waals surface area contributed by atoms with Gasteiger partial charge in [-0.3, -0.25) is 0 Å². The molecule has 0 rings (SSSR count). The second-order valence-electron chi connectivity index (χ2n) is 4.12. The smallest absolute Gasteiger partial charge is 0.212 e. The van der Waals surface area contributed by atoms with E-state index >= 15 is 0 Å². The summed E-state index contributed by atoms with van der Waals surface area (Å²) >= 11 is 0. The van der Waals surface area contributed by atoms with Gasteiger partial charge in [0.15, 0.2) is 0 Å². The molecular formula is C11H25NO3. The number of hydrogen-bond donors (Lipinski definition) is 1. The lowest BCUT2D eigenvalue weighted by molar-refractivity contribution is -0.302. The molecular weight excluding hydrogens is 194 g/mol. The number of methoxy groups -OCH3 is 1. The van der Waals surface area contributed by atoms with Crippen LogP contribution in [0, 0.1) is 0 Å². The fraction of sp³-hybridized carbons (Fsp3) is 1.00. The average Bonchev–Trinajstić information content (AvgIpc) is 2.12. The van der Waals surface area contributed by atoms with Crippen molar-refractivity contribution < 1.29 is 14.2 Å². The van der Waals surface area contributed by atoms with Crippen LogP contribution in [-0.2, 0) is 14.2 Å². The van der Waals surface area contributed by atoms with Crippen molar-refractivity contribution in [2.75, 3.05) is 20.3 Å². The molecule has 0 bridgehead atoms. The van der Waals surface area contributed by atoms with E-state index in [2.05, 4.69) is 0 Å². The van der Waals surface area contributed by atoms with Crippen molar-refractivity contribution in [1.82, 2.24) is 0 Å². The highest BCUT2D eigenvalue weighted by Crippen LogP contribution is 2.30. The van der Waals surface area contributed by atoms with Crippen LogP contribution in [0.4, 0.5) is 0 Å². The molecule has 0 saturated carbocycles. The number of nitrogens with two attached hydrogens (primary N) is 1. The molecule has 0 spiro atoms. The van der Waals surface area contributed by atoms with E-state index in [0.29, 0.717) is 13.2 Å². The Morgan fingerprint density at radius 3 is 2.00 bits per heavy atom. The average molecular weight is 219 g/mol.